The van der Waals surface area contributed by atoms with Crippen LogP contribution in [-0.4, -0.2) is 49.2 Å². The number of aryl methyl sites for hydroxylation is 1. The molecule has 5 aromatic rings. The van der Waals surface area contributed by atoms with Crippen molar-refractivity contribution >= 4 is 22.8 Å². The number of hydrogen-bond donors (Lipinski definition) is 1. The summed E-state index contributed by atoms with van der Waals surface area (Å²) in [6.07, 6.45) is 3.14. The summed E-state index contributed by atoms with van der Waals surface area (Å²) < 4.78 is 14.0. The van der Waals surface area contributed by atoms with E-state index in [0.29, 0.717) is 39.9 Å². The average Bonchev–Trinajstić information content (AvgIpc) is 3.46. The zero-order valence-corrected chi connectivity index (χ0v) is 18.5. The first kappa shape index (κ1) is 21.1. The Labute approximate surface area is 194 Å². The van der Waals surface area contributed by atoms with Crippen LogP contribution in [0.3, 0.4) is 0 Å². The molecule has 0 aliphatic rings. The van der Waals surface area contributed by atoms with Gasteiger partial charge in [-0.05, 0) is 43.3 Å². The van der Waals surface area contributed by atoms with Crippen molar-refractivity contribution in [2.45, 2.75) is 6.92 Å². The molecule has 0 saturated carbocycles. The molecule has 0 aliphatic carbocycles. The van der Waals surface area contributed by atoms with E-state index in [0.717, 1.165) is 5.69 Å². The maximum Gasteiger partial charge on any atom is 0.263 e. The largest absolute Gasteiger partial charge is 0.497 e. The molecule has 10 nitrogen and oxygen atoms in total. The van der Waals surface area contributed by atoms with Gasteiger partial charge in [-0.25, -0.2) is 14.6 Å². The number of anilines is 1. The summed E-state index contributed by atoms with van der Waals surface area (Å²) in [4.78, 5) is 21.4. The summed E-state index contributed by atoms with van der Waals surface area (Å²) >= 11 is 0. The number of benzene rings is 2. The predicted octanol–water partition coefficient (Wildman–Crippen LogP) is 3.34. The van der Waals surface area contributed by atoms with Gasteiger partial charge in [-0.1, -0.05) is 18.2 Å². The van der Waals surface area contributed by atoms with E-state index in [1.807, 2.05) is 37.3 Å². The molecule has 3 aromatic heterocycles. The first-order valence-electron chi connectivity index (χ1n) is 10.5. The van der Waals surface area contributed by atoms with Crippen LogP contribution in [0.5, 0.6) is 11.5 Å². The Balaban J connectivity index is 1.39. The first-order valence-corrected chi connectivity index (χ1v) is 10.5. The van der Waals surface area contributed by atoms with Gasteiger partial charge in [0.05, 0.1) is 30.1 Å². The molecular weight excluding hydrogens is 434 g/mol. The van der Waals surface area contributed by atoms with Crippen LogP contribution in [0, 0.1) is 6.92 Å². The highest BCUT2D eigenvalue weighted by atomic mass is 16.5. The second-order valence-electron chi connectivity index (χ2n) is 7.42. The van der Waals surface area contributed by atoms with E-state index in [1.165, 1.54) is 6.33 Å². The number of nitrogens with zero attached hydrogens (tertiary/aromatic N) is 6. The van der Waals surface area contributed by atoms with Gasteiger partial charge >= 0.3 is 0 Å². The van der Waals surface area contributed by atoms with Gasteiger partial charge in [-0.3, -0.25) is 4.79 Å². The summed E-state index contributed by atoms with van der Waals surface area (Å²) in [5, 5.41) is 12.5. The fraction of sp³-hybridized carbons (Fsp3) is 0.125. The number of ether oxygens (including phenoxy) is 2. The second-order valence-corrected chi connectivity index (χ2v) is 7.42. The number of nitrogens with one attached hydrogen (secondary N) is 1. The van der Waals surface area contributed by atoms with Gasteiger partial charge in [0.15, 0.2) is 18.1 Å². The summed E-state index contributed by atoms with van der Waals surface area (Å²) in [6, 6.07) is 18.5. The lowest BCUT2D eigenvalue weighted by Gasteiger charge is -2.10. The number of carbonyl (C=O) groups is 1. The Bertz CT molecular complexity index is 1440. The summed E-state index contributed by atoms with van der Waals surface area (Å²) in [5.74, 6) is 1.91. The van der Waals surface area contributed by atoms with Crippen LogP contribution >= 0.6 is 0 Å². The van der Waals surface area contributed by atoms with Crippen molar-refractivity contribution in [3.05, 3.63) is 78.9 Å². The molecule has 3 heterocycles. The molecule has 0 fully saturated rings. The van der Waals surface area contributed by atoms with Crippen LogP contribution < -0.4 is 14.8 Å². The molecule has 2 aromatic carbocycles. The minimum Gasteiger partial charge on any atom is -0.497 e. The predicted molar refractivity (Wildman–Crippen MR) is 126 cm³/mol. The van der Waals surface area contributed by atoms with Crippen LogP contribution in [0.1, 0.15) is 5.69 Å². The SMILES string of the molecule is COc1ccc(OCC(=O)Nc2cc(C)nn2-c2ncnc3c2cnn3-c2ccccc2)cc1. The van der Waals surface area contributed by atoms with Crippen LogP contribution in [0.2, 0.25) is 0 Å². The molecule has 170 valence electrons. The van der Waals surface area contributed by atoms with E-state index in [9.17, 15) is 4.79 Å². The van der Waals surface area contributed by atoms with E-state index in [1.54, 1.807) is 53.0 Å². The van der Waals surface area contributed by atoms with Gasteiger partial charge in [-0.15, -0.1) is 0 Å². The average molecular weight is 455 g/mol. The molecule has 0 radical (unpaired) electrons. The highest BCUT2D eigenvalue weighted by Gasteiger charge is 2.17. The third kappa shape index (κ3) is 4.16. The molecule has 34 heavy (non-hydrogen) atoms. The van der Waals surface area contributed by atoms with Gasteiger partial charge < -0.3 is 14.8 Å². The maximum absolute atomic E-state index is 12.6. The quantitative estimate of drug-likeness (QED) is 0.401. The summed E-state index contributed by atoms with van der Waals surface area (Å²) in [5.41, 5.74) is 2.22. The molecule has 1 amide bonds. The number of amides is 1. The Morgan fingerprint density at radius 3 is 2.53 bits per heavy atom. The number of methoxy groups -OCH3 is 1. The Morgan fingerprint density at radius 1 is 1.00 bits per heavy atom. The Morgan fingerprint density at radius 2 is 1.76 bits per heavy atom. The molecule has 10 heteroatoms. The van der Waals surface area contributed by atoms with E-state index in [4.69, 9.17) is 9.47 Å². The molecule has 0 bridgehead atoms. The van der Waals surface area contributed by atoms with Crippen LogP contribution in [0.25, 0.3) is 22.5 Å². The van der Waals surface area contributed by atoms with Crippen molar-refractivity contribution in [2.75, 3.05) is 19.0 Å². The molecule has 0 saturated heterocycles. The van der Waals surface area contributed by atoms with Gasteiger partial charge in [0.1, 0.15) is 23.6 Å². The van der Waals surface area contributed by atoms with E-state index in [2.05, 4.69) is 25.5 Å². The number of fused-ring (bicyclic) bond motifs is 1. The smallest absolute Gasteiger partial charge is 0.263 e. The first-order chi connectivity index (χ1) is 16.6. The molecule has 0 unspecified atom stereocenters. The third-order valence-electron chi connectivity index (χ3n) is 5.07. The number of hydrogen-bond acceptors (Lipinski definition) is 7. The standard InChI is InChI=1S/C24H21N7O3/c1-16-12-21(28-22(32)14-34-19-10-8-18(33-2)9-11-19)31(29-16)24-20-13-27-30(23(20)25-15-26-24)17-6-4-3-5-7-17/h3-13,15H,14H2,1-2H3,(H,28,32). The van der Waals surface area contributed by atoms with Crippen LogP contribution in [0.4, 0.5) is 5.82 Å². The number of rotatable bonds is 7. The highest BCUT2D eigenvalue weighted by Crippen LogP contribution is 2.24. The molecular formula is C24H21N7O3. The van der Waals surface area contributed by atoms with Crippen molar-refractivity contribution < 1.29 is 14.3 Å². The van der Waals surface area contributed by atoms with Gasteiger partial charge in [-0.2, -0.15) is 14.9 Å². The third-order valence-corrected chi connectivity index (χ3v) is 5.07. The lowest BCUT2D eigenvalue weighted by Crippen LogP contribution is -2.22. The van der Waals surface area contributed by atoms with Gasteiger partial charge in [0, 0.05) is 6.07 Å². The number of carbonyl (C=O) groups excluding carboxylic acids is 1. The number of aromatic nitrogens is 6. The Hall–Kier alpha value is -4.73. The minimum absolute atomic E-state index is 0.165. The zero-order valence-electron chi connectivity index (χ0n) is 18.5. The maximum atomic E-state index is 12.6. The summed E-state index contributed by atoms with van der Waals surface area (Å²) in [7, 11) is 1.59. The fourth-order valence-corrected chi connectivity index (χ4v) is 3.51. The fourth-order valence-electron chi connectivity index (χ4n) is 3.51. The lowest BCUT2D eigenvalue weighted by molar-refractivity contribution is -0.118. The molecule has 1 N–H and O–H groups in total. The highest BCUT2D eigenvalue weighted by molar-refractivity contribution is 5.92. The van der Waals surface area contributed by atoms with E-state index >= 15 is 0 Å². The van der Waals surface area contributed by atoms with Crippen molar-refractivity contribution in [3.8, 4) is 23.0 Å². The zero-order chi connectivity index (χ0) is 23.5. The second kappa shape index (κ2) is 9.02. The van der Waals surface area contributed by atoms with Crippen LogP contribution in [-0.2, 0) is 4.79 Å². The lowest BCUT2D eigenvalue weighted by atomic mass is 10.3. The monoisotopic (exact) mass is 455 g/mol. The molecule has 0 atom stereocenters. The van der Waals surface area contributed by atoms with Crippen molar-refractivity contribution in [2.24, 2.45) is 0 Å². The number of para-hydroxylation sites is 1. The normalized spacial score (nSPS) is 10.9. The van der Waals surface area contributed by atoms with Gasteiger partial charge in [0.25, 0.3) is 5.91 Å². The van der Waals surface area contributed by atoms with Crippen molar-refractivity contribution in [1.82, 2.24) is 29.5 Å². The summed E-state index contributed by atoms with van der Waals surface area (Å²) in [6.45, 7) is 1.67. The Kier molecular flexibility index (Phi) is 5.61. The minimum atomic E-state index is -0.331. The molecule has 0 aliphatic heterocycles. The van der Waals surface area contributed by atoms with Crippen molar-refractivity contribution in [1.29, 1.82) is 0 Å². The van der Waals surface area contributed by atoms with Crippen molar-refractivity contribution in [3.63, 3.8) is 0 Å². The van der Waals surface area contributed by atoms with Crippen LogP contribution in [0.15, 0.2) is 73.2 Å². The molecule has 0 spiro atoms. The van der Waals surface area contributed by atoms with E-state index in [-0.39, 0.29) is 12.5 Å². The topological polar surface area (TPSA) is 109 Å². The molecule has 5 rings (SSSR count). The van der Waals surface area contributed by atoms with E-state index < -0.39 is 0 Å². The van der Waals surface area contributed by atoms with Gasteiger partial charge in [0.2, 0.25) is 0 Å².